The molecule has 0 spiro atoms. The molecule has 15 nitrogen and oxygen atoms in total. The van der Waals surface area contributed by atoms with E-state index in [4.69, 9.17) is 21.1 Å². The van der Waals surface area contributed by atoms with Crippen LogP contribution in [0.25, 0.3) is 0 Å². The number of hydrogen-bond acceptors (Lipinski definition) is 9. The minimum atomic E-state index is -1.80. The number of nitrogens with one attached hydrogen (secondary N) is 3. The monoisotopic (exact) mass is 512 g/mol. The number of carbonyl (C=O) groups is 6. The first kappa shape index (κ1) is 29.8. The third-order valence-electron chi connectivity index (χ3n) is 4.80. The van der Waals surface area contributed by atoms with Crippen molar-refractivity contribution in [3.8, 4) is 5.75 Å². The Balaban J connectivity index is 3.16. The van der Waals surface area contributed by atoms with Gasteiger partial charge in [-0.2, -0.15) is 0 Å². The van der Waals surface area contributed by atoms with Crippen LogP contribution in [-0.2, 0) is 35.2 Å². The fraction of sp³-hybridized carbons (Fsp3) is 0.429. The van der Waals surface area contributed by atoms with Gasteiger partial charge in [0.25, 0.3) is 0 Å². The van der Waals surface area contributed by atoms with Gasteiger partial charge < -0.3 is 47.2 Å². The highest BCUT2D eigenvalue weighted by atomic mass is 16.4. The first-order chi connectivity index (χ1) is 16.7. The Morgan fingerprint density at radius 3 is 1.78 bits per heavy atom. The van der Waals surface area contributed by atoms with Gasteiger partial charge in [0.1, 0.15) is 17.8 Å². The van der Waals surface area contributed by atoms with E-state index in [2.05, 4.69) is 10.6 Å². The molecule has 0 heterocycles. The van der Waals surface area contributed by atoms with E-state index in [1.165, 1.54) is 24.3 Å². The molecule has 1 aromatic rings. The number of aromatic hydroxyl groups is 1. The van der Waals surface area contributed by atoms with Gasteiger partial charge in [-0.3, -0.25) is 24.0 Å². The number of hydrogen-bond donors (Lipinski definition) is 9. The summed E-state index contributed by atoms with van der Waals surface area (Å²) in [5.74, 6) is -7.90. The van der Waals surface area contributed by atoms with Crippen molar-refractivity contribution in [3.63, 3.8) is 0 Å². The number of aliphatic carboxylic acids is 3. The van der Waals surface area contributed by atoms with Crippen LogP contribution in [0.4, 0.5) is 0 Å². The van der Waals surface area contributed by atoms with Gasteiger partial charge in [0.15, 0.2) is 6.04 Å². The zero-order valence-corrected chi connectivity index (χ0v) is 19.1. The molecule has 0 fully saturated rings. The number of phenolic OH excluding ortho intramolecular Hbond substituents is 1. The predicted octanol–water partition coefficient (Wildman–Crippen LogP) is -2.87. The normalized spacial score (nSPS) is 14.9. The maximum absolute atomic E-state index is 13.0. The lowest BCUT2D eigenvalue weighted by atomic mass is 10.0. The average molecular weight is 512 g/mol. The molecular weight excluding hydrogens is 484 g/mol. The number of benzene rings is 1. The first-order valence-corrected chi connectivity index (χ1v) is 10.5. The lowest BCUT2D eigenvalue weighted by molar-refractivity contribution is -0.146. The van der Waals surface area contributed by atoms with Crippen LogP contribution in [0.15, 0.2) is 24.3 Å². The van der Waals surface area contributed by atoms with E-state index < -0.39 is 78.7 Å². The SMILES string of the molecule is CC(O)C(NC(=O)C(CC(=O)O)NC(=O)C(Cc1ccc(O)cc1)NC(=O)C(N)CC(=O)O)C(=O)O. The summed E-state index contributed by atoms with van der Waals surface area (Å²) in [6.45, 7) is 1.08. The van der Waals surface area contributed by atoms with Crippen molar-refractivity contribution in [1.82, 2.24) is 16.0 Å². The second-order valence-electron chi connectivity index (χ2n) is 7.86. The van der Waals surface area contributed by atoms with E-state index in [1.54, 1.807) is 0 Å². The van der Waals surface area contributed by atoms with Crippen LogP contribution in [0.2, 0.25) is 0 Å². The van der Waals surface area contributed by atoms with E-state index in [1.807, 2.05) is 5.32 Å². The van der Waals surface area contributed by atoms with Crippen molar-refractivity contribution in [3.05, 3.63) is 29.8 Å². The summed E-state index contributed by atoms with van der Waals surface area (Å²) in [6, 6.07) is -1.18. The molecule has 0 radical (unpaired) electrons. The molecule has 0 saturated carbocycles. The zero-order valence-electron chi connectivity index (χ0n) is 19.1. The lowest BCUT2D eigenvalue weighted by Crippen LogP contribution is -2.59. The fourth-order valence-corrected chi connectivity index (χ4v) is 2.94. The summed E-state index contributed by atoms with van der Waals surface area (Å²) in [5.41, 5.74) is 5.94. The quantitative estimate of drug-likeness (QED) is 0.122. The van der Waals surface area contributed by atoms with E-state index in [9.17, 15) is 39.0 Å². The van der Waals surface area contributed by atoms with E-state index >= 15 is 0 Å². The third kappa shape index (κ3) is 9.94. The van der Waals surface area contributed by atoms with Crippen LogP contribution >= 0.6 is 0 Å². The Morgan fingerprint density at radius 2 is 1.31 bits per heavy atom. The summed E-state index contributed by atoms with van der Waals surface area (Å²) in [4.78, 5) is 71.2. The van der Waals surface area contributed by atoms with Crippen LogP contribution in [0, 0.1) is 0 Å². The number of aliphatic hydroxyl groups is 1. The molecule has 198 valence electrons. The Morgan fingerprint density at radius 1 is 0.806 bits per heavy atom. The highest BCUT2D eigenvalue weighted by Crippen LogP contribution is 2.12. The maximum atomic E-state index is 13.0. The minimum Gasteiger partial charge on any atom is -0.508 e. The molecule has 0 aliphatic carbocycles. The molecule has 10 N–H and O–H groups in total. The van der Waals surface area contributed by atoms with Gasteiger partial charge in [-0.05, 0) is 24.6 Å². The van der Waals surface area contributed by atoms with Crippen LogP contribution < -0.4 is 21.7 Å². The number of phenols is 1. The third-order valence-corrected chi connectivity index (χ3v) is 4.80. The number of rotatable bonds is 14. The van der Waals surface area contributed by atoms with Gasteiger partial charge in [0.2, 0.25) is 17.7 Å². The van der Waals surface area contributed by atoms with Crippen LogP contribution in [0.5, 0.6) is 5.75 Å². The first-order valence-electron chi connectivity index (χ1n) is 10.5. The maximum Gasteiger partial charge on any atom is 0.328 e. The number of carboxylic acid groups (broad SMARTS) is 3. The average Bonchev–Trinajstić information content (AvgIpc) is 2.76. The minimum absolute atomic E-state index is 0.0865. The molecule has 1 aromatic carbocycles. The number of amides is 3. The molecule has 5 atom stereocenters. The topological polar surface area (TPSA) is 266 Å². The van der Waals surface area contributed by atoms with Gasteiger partial charge in [-0.1, -0.05) is 12.1 Å². The molecule has 0 saturated heterocycles. The zero-order chi connectivity index (χ0) is 27.6. The van der Waals surface area contributed by atoms with Crippen molar-refractivity contribution in [2.75, 3.05) is 0 Å². The van der Waals surface area contributed by atoms with Gasteiger partial charge in [0.05, 0.1) is 25.0 Å². The summed E-state index contributed by atoms with van der Waals surface area (Å²) in [7, 11) is 0. The van der Waals surface area contributed by atoms with E-state index in [0.29, 0.717) is 5.56 Å². The Hall–Kier alpha value is -4.24. The number of aliphatic hydroxyl groups excluding tert-OH is 1. The van der Waals surface area contributed by atoms with Crippen molar-refractivity contribution < 1.29 is 54.3 Å². The highest BCUT2D eigenvalue weighted by Gasteiger charge is 2.33. The number of nitrogens with two attached hydrogens (primary N) is 1. The molecular formula is C21H28N4O11. The van der Waals surface area contributed by atoms with E-state index in [0.717, 1.165) is 6.92 Å². The summed E-state index contributed by atoms with van der Waals surface area (Å²) >= 11 is 0. The van der Waals surface area contributed by atoms with E-state index in [-0.39, 0.29) is 12.2 Å². The van der Waals surface area contributed by atoms with Crippen LogP contribution in [0.1, 0.15) is 25.3 Å². The van der Waals surface area contributed by atoms with Crippen LogP contribution in [0.3, 0.4) is 0 Å². The molecule has 0 bridgehead atoms. The Kier molecular flexibility index (Phi) is 11.3. The van der Waals surface area contributed by atoms with Crippen molar-refractivity contribution in [2.45, 2.75) is 56.5 Å². The molecule has 36 heavy (non-hydrogen) atoms. The standard InChI is InChI=1S/C21H28N4O11/c1-9(26)17(21(35)36)25-20(34)14(8-16(30)31)24-19(33)13(6-10-2-4-11(27)5-3-10)23-18(32)12(22)7-15(28)29/h2-5,9,12-14,17,26-27H,6-8,22H2,1H3,(H,23,32)(H,24,33)(H,25,34)(H,28,29)(H,30,31)(H,35,36). The molecule has 5 unspecified atom stereocenters. The summed E-state index contributed by atoms with van der Waals surface area (Å²) in [5, 5.41) is 52.4. The fourth-order valence-electron chi connectivity index (χ4n) is 2.94. The van der Waals surface area contributed by atoms with Crippen molar-refractivity contribution in [1.29, 1.82) is 0 Å². The predicted molar refractivity (Wildman–Crippen MR) is 119 cm³/mol. The van der Waals surface area contributed by atoms with Crippen molar-refractivity contribution >= 4 is 35.6 Å². The smallest absolute Gasteiger partial charge is 0.328 e. The number of carbonyl (C=O) groups excluding carboxylic acids is 3. The molecule has 1 rings (SSSR count). The largest absolute Gasteiger partial charge is 0.508 e. The van der Waals surface area contributed by atoms with Gasteiger partial charge in [-0.15, -0.1) is 0 Å². The van der Waals surface area contributed by atoms with Crippen LogP contribution in [-0.4, -0.2) is 91.4 Å². The van der Waals surface area contributed by atoms with Gasteiger partial charge in [-0.25, -0.2) is 4.79 Å². The Bertz CT molecular complexity index is 981. The summed E-state index contributed by atoms with van der Waals surface area (Å²) in [6.07, 6.45) is -3.50. The van der Waals surface area contributed by atoms with Gasteiger partial charge in [0, 0.05) is 6.42 Å². The second-order valence-corrected chi connectivity index (χ2v) is 7.86. The highest BCUT2D eigenvalue weighted by molar-refractivity contribution is 5.96. The molecule has 0 aliphatic rings. The lowest BCUT2D eigenvalue weighted by Gasteiger charge is -2.25. The molecule has 0 aliphatic heterocycles. The molecule has 3 amide bonds. The molecule has 15 heteroatoms. The van der Waals surface area contributed by atoms with Gasteiger partial charge >= 0.3 is 17.9 Å². The molecule has 0 aromatic heterocycles. The number of carboxylic acids is 3. The van der Waals surface area contributed by atoms with Crippen molar-refractivity contribution in [2.24, 2.45) is 5.73 Å². The second kappa shape index (κ2) is 13.6. The Labute approximate surface area is 204 Å². The summed E-state index contributed by atoms with van der Waals surface area (Å²) < 4.78 is 0.